The number of hydrogen-bond donors (Lipinski definition) is 3. The monoisotopic (exact) mass is 571 g/mol. The first kappa shape index (κ1) is 23.5. The Balaban J connectivity index is 1.92. The molecule has 2 aromatic carbocycles. The molecule has 2 heterocycles. The fraction of sp³-hybridized carbons (Fsp3) is 0.259. The van der Waals surface area contributed by atoms with E-state index in [0.717, 1.165) is 0 Å². The van der Waals surface area contributed by atoms with Gasteiger partial charge in [-0.15, -0.1) is 0 Å². The molecule has 210 valence electrons. The molecule has 4 aromatic rings. The van der Waals surface area contributed by atoms with Crippen LogP contribution in [0.5, 0.6) is 23.1 Å². The highest BCUT2D eigenvalue weighted by molar-refractivity contribution is 7.92. The summed E-state index contributed by atoms with van der Waals surface area (Å²) in [5, 5.41) is 19.5. The first-order chi connectivity index (χ1) is 20.6. The van der Waals surface area contributed by atoms with E-state index < -0.39 is 46.0 Å². The van der Waals surface area contributed by atoms with Gasteiger partial charge in [0.15, 0.2) is 23.1 Å². The lowest BCUT2D eigenvalue weighted by atomic mass is 9.86. The number of benzene rings is 2. The normalized spacial score (nSPS) is 13.8. The molecule has 4 rings (SSSR count). The standard InChI is InChI=1S/C27H29N5O7S/c1-27(2,17-34)18-9-11-19(12-10-18)40(35,36)32-23-22(39-21-8-5-4-7-20(21)37-3)26(38-16-15-33)31-25(30-23)24-28-13-6-14-29-24/h4-14,33-34H,15-17H2,1-3H3,(H,30,31,32)/i15D2,16D2. The molecule has 13 heteroatoms. The number of methoxy groups -OCH3 is 1. The van der Waals surface area contributed by atoms with Crippen LogP contribution in [-0.2, 0) is 15.4 Å². The quantitative estimate of drug-likeness (QED) is 0.229. The summed E-state index contributed by atoms with van der Waals surface area (Å²) in [5.41, 5.74) is 0.0480. The van der Waals surface area contributed by atoms with Crippen LogP contribution in [0.15, 0.2) is 71.9 Å². The summed E-state index contributed by atoms with van der Waals surface area (Å²) in [6.45, 7) is -3.54. The van der Waals surface area contributed by atoms with Gasteiger partial charge in [0.1, 0.15) is 6.56 Å². The largest absolute Gasteiger partial charge is 0.493 e. The lowest BCUT2D eigenvalue weighted by Gasteiger charge is -2.22. The van der Waals surface area contributed by atoms with E-state index in [9.17, 15) is 18.6 Å². The molecule has 0 aliphatic rings. The second-order valence-electron chi connectivity index (χ2n) is 8.84. The highest BCUT2D eigenvalue weighted by Crippen LogP contribution is 2.41. The Kier molecular flexibility index (Phi) is 7.21. The molecule has 0 bridgehead atoms. The van der Waals surface area contributed by atoms with Crippen molar-refractivity contribution in [2.45, 2.75) is 24.2 Å². The minimum atomic E-state index is -4.43. The van der Waals surface area contributed by atoms with Crippen LogP contribution in [0, 0.1) is 0 Å². The third-order valence-corrected chi connectivity index (χ3v) is 7.00. The average Bonchev–Trinajstić information content (AvgIpc) is 2.98. The predicted octanol–water partition coefficient (Wildman–Crippen LogP) is 3.18. The van der Waals surface area contributed by atoms with Gasteiger partial charge in [0.2, 0.25) is 11.6 Å². The SMILES string of the molecule is [2H]C([2H])(O)C([2H])([2H])Oc1nc(-c2ncccn2)nc(NS(=O)(=O)c2ccc(C(C)(C)CO)cc2)c1Oc1ccccc1OC. The van der Waals surface area contributed by atoms with Crippen molar-refractivity contribution >= 4 is 15.8 Å². The number of nitrogens with one attached hydrogen (secondary N) is 1. The number of aliphatic hydroxyl groups is 2. The van der Waals surface area contributed by atoms with Crippen LogP contribution in [0.1, 0.15) is 24.9 Å². The second-order valence-corrected chi connectivity index (χ2v) is 10.5. The van der Waals surface area contributed by atoms with E-state index in [4.69, 9.17) is 19.7 Å². The van der Waals surface area contributed by atoms with E-state index in [1.54, 1.807) is 38.1 Å². The summed E-state index contributed by atoms with van der Waals surface area (Å²) in [5.74, 6) is -2.22. The van der Waals surface area contributed by atoms with E-state index in [1.807, 2.05) is 0 Å². The van der Waals surface area contributed by atoms with Crippen LogP contribution in [0.3, 0.4) is 0 Å². The van der Waals surface area contributed by atoms with Crippen molar-refractivity contribution in [2.24, 2.45) is 0 Å². The second kappa shape index (κ2) is 12.2. The summed E-state index contributed by atoms with van der Waals surface area (Å²) >= 11 is 0. The van der Waals surface area contributed by atoms with Crippen LogP contribution in [-0.4, -0.2) is 65.4 Å². The van der Waals surface area contributed by atoms with E-state index >= 15 is 0 Å². The van der Waals surface area contributed by atoms with Crippen molar-refractivity contribution < 1.29 is 38.3 Å². The van der Waals surface area contributed by atoms with Crippen molar-refractivity contribution in [1.82, 2.24) is 19.9 Å². The van der Waals surface area contributed by atoms with Gasteiger partial charge in [-0.3, -0.25) is 4.72 Å². The predicted molar refractivity (Wildman–Crippen MR) is 146 cm³/mol. The molecule has 0 spiro atoms. The molecule has 0 saturated heterocycles. The molecule has 0 fully saturated rings. The Labute approximate surface area is 237 Å². The van der Waals surface area contributed by atoms with Gasteiger partial charge in [0.25, 0.3) is 15.9 Å². The third-order valence-electron chi connectivity index (χ3n) is 5.65. The Morgan fingerprint density at radius 1 is 0.950 bits per heavy atom. The summed E-state index contributed by atoms with van der Waals surface area (Å²) in [7, 11) is -3.07. The number of ether oxygens (including phenoxy) is 3. The minimum absolute atomic E-state index is 0.00997. The number of aliphatic hydroxyl groups excluding tert-OH is 1. The fourth-order valence-electron chi connectivity index (χ4n) is 3.42. The first-order valence-corrected chi connectivity index (χ1v) is 13.2. The van der Waals surface area contributed by atoms with E-state index in [-0.39, 0.29) is 34.7 Å². The van der Waals surface area contributed by atoms with Gasteiger partial charge in [-0.1, -0.05) is 38.1 Å². The fourth-order valence-corrected chi connectivity index (χ4v) is 4.43. The summed E-state index contributed by atoms with van der Waals surface area (Å²) in [6, 6.07) is 13.5. The number of rotatable bonds is 12. The maximum Gasteiger partial charge on any atom is 0.263 e. The molecule has 12 nitrogen and oxygen atoms in total. The van der Waals surface area contributed by atoms with Gasteiger partial charge in [0, 0.05) is 17.8 Å². The molecule has 2 aromatic heterocycles. The van der Waals surface area contributed by atoms with Crippen LogP contribution in [0.2, 0.25) is 0 Å². The highest BCUT2D eigenvalue weighted by Gasteiger charge is 2.27. The van der Waals surface area contributed by atoms with Crippen molar-refractivity contribution in [3.8, 4) is 34.8 Å². The third kappa shape index (κ3) is 6.45. The van der Waals surface area contributed by atoms with E-state index in [2.05, 4.69) is 24.7 Å². The minimum Gasteiger partial charge on any atom is -0.493 e. The molecule has 0 radical (unpaired) electrons. The zero-order chi connectivity index (χ0) is 32.3. The average molecular weight is 572 g/mol. The number of sulfonamides is 1. The molecule has 0 aliphatic heterocycles. The number of aromatic nitrogens is 4. The molecular formula is C27H29N5O7S. The molecule has 3 N–H and O–H groups in total. The van der Waals surface area contributed by atoms with Crippen LogP contribution in [0.25, 0.3) is 11.6 Å². The molecular weight excluding hydrogens is 538 g/mol. The topological polar surface area (TPSA) is 166 Å². The van der Waals surface area contributed by atoms with Gasteiger partial charge >= 0.3 is 0 Å². The van der Waals surface area contributed by atoms with Crippen molar-refractivity contribution in [3.05, 3.63) is 72.6 Å². The smallest absolute Gasteiger partial charge is 0.263 e. The van der Waals surface area contributed by atoms with Crippen LogP contribution < -0.4 is 18.9 Å². The zero-order valence-electron chi connectivity index (χ0n) is 25.7. The number of nitrogens with zero attached hydrogens (tertiary/aromatic N) is 4. The zero-order valence-corrected chi connectivity index (χ0v) is 22.5. The molecule has 40 heavy (non-hydrogen) atoms. The Morgan fingerprint density at radius 2 is 1.62 bits per heavy atom. The van der Waals surface area contributed by atoms with Gasteiger partial charge in [-0.2, -0.15) is 4.98 Å². The number of para-hydroxylation sites is 2. The Morgan fingerprint density at radius 3 is 2.25 bits per heavy atom. The van der Waals surface area contributed by atoms with Crippen LogP contribution >= 0.6 is 0 Å². The summed E-state index contributed by atoms with van der Waals surface area (Å²) < 4.78 is 77.0. The van der Waals surface area contributed by atoms with Crippen molar-refractivity contribution in [3.63, 3.8) is 0 Å². The van der Waals surface area contributed by atoms with Gasteiger partial charge in [-0.05, 0) is 35.9 Å². The number of anilines is 1. The Bertz CT molecular complexity index is 1720. The molecule has 0 saturated carbocycles. The lowest BCUT2D eigenvalue weighted by Crippen LogP contribution is -2.22. The molecule has 0 aliphatic carbocycles. The van der Waals surface area contributed by atoms with Gasteiger partial charge < -0.3 is 24.4 Å². The lowest BCUT2D eigenvalue weighted by molar-refractivity contribution is 0.192. The van der Waals surface area contributed by atoms with Gasteiger partial charge in [0.05, 0.1) is 30.7 Å². The molecule has 0 amide bonds. The Hall–Kier alpha value is -4.33. The maximum atomic E-state index is 13.6. The van der Waals surface area contributed by atoms with Crippen molar-refractivity contribution in [1.29, 1.82) is 0 Å². The first-order valence-electron chi connectivity index (χ1n) is 13.7. The summed E-state index contributed by atoms with van der Waals surface area (Å²) in [4.78, 5) is 16.2. The van der Waals surface area contributed by atoms with Gasteiger partial charge in [-0.25, -0.2) is 23.4 Å². The van der Waals surface area contributed by atoms with Crippen LogP contribution in [0.4, 0.5) is 5.82 Å². The van der Waals surface area contributed by atoms with E-state index in [1.165, 1.54) is 49.8 Å². The number of hydrogen-bond acceptors (Lipinski definition) is 11. The van der Waals surface area contributed by atoms with Crippen molar-refractivity contribution in [2.75, 3.05) is 31.6 Å². The highest BCUT2D eigenvalue weighted by atomic mass is 32.2. The maximum absolute atomic E-state index is 13.6. The molecule has 0 atom stereocenters. The van der Waals surface area contributed by atoms with E-state index in [0.29, 0.717) is 5.56 Å². The summed E-state index contributed by atoms with van der Waals surface area (Å²) in [6.07, 6.45) is 2.72. The molecule has 0 unspecified atom stereocenters.